The molecular formula is C13H5Cl2F3N2. The van der Waals surface area contributed by atoms with E-state index in [-0.39, 0.29) is 15.9 Å². The Morgan fingerprint density at radius 2 is 1.50 bits per heavy atom. The second kappa shape index (κ2) is 4.68. The van der Waals surface area contributed by atoms with Crippen LogP contribution in [0.15, 0.2) is 24.3 Å². The van der Waals surface area contributed by atoms with Crippen molar-refractivity contribution < 1.29 is 13.2 Å². The Morgan fingerprint density at radius 3 is 2.15 bits per heavy atom. The van der Waals surface area contributed by atoms with E-state index in [4.69, 9.17) is 23.2 Å². The zero-order valence-corrected chi connectivity index (χ0v) is 11.2. The van der Waals surface area contributed by atoms with Crippen LogP contribution >= 0.6 is 23.2 Å². The molecular weight excluding hydrogens is 312 g/mol. The van der Waals surface area contributed by atoms with E-state index >= 15 is 0 Å². The molecule has 1 aromatic heterocycles. The van der Waals surface area contributed by atoms with Gasteiger partial charge in [0.1, 0.15) is 23.3 Å². The number of nitrogens with zero attached hydrogens (tertiary/aromatic N) is 1. The Hall–Kier alpha value is -1.72. The predicted molar refractivity (Wildman–Crippen MR) is 71.4 cm³/mol. The van der Waals surface area contributed by atoms with Gasteiger partial charge in [-0.2, -0.15) is 0 Å². The lowest BCUT2D eigenvalue weighted by molar-refractivity contribution is 0.547. The molecule has 0 aliphatic carbocycles. The normalized spacial score (nSPS) is 11.2. The van der Waals surface area contributed by atoms with Gasteiger partial charge in [0.25, 0.3) is 0 Å². The second-order valence-electron chi connectivity index (χ2n) is 4.11. The molecule has 0 aliphatic heterocycles. The van der Waals surface area contributed by atoms with Crippen molar-refractivity contribution in [3.63, 3.8) is 0 Å². The molecule has 0 radical (unpaired) electrons. The van der Waals surface area contributed by atoms with Crippen molar-refractivity contribution >= 4 is 34.2 Å². The average molecular weight is 317 g/mol. The van der Waals surface area contributed by atoms with Crippen molar-refractivity contribution in [2.45, 2.75) is 0 Å². The van der Waals surface area contributed by atoms with Crippen LogP contribution in [0, 0.1) is 17.5 Å². The zero-order valence-electron chi connectivity index (χ0n) is 9.65. The molecule has 20 heavy (non-hydrogen) atoms. The maximum absolute atomic E-state index is 13.7. The largest absolute Gasteiger partial charge is 0.338 e. The van der Waals surface area contributed by atoms with Gasteiger partial charge in [-0.05, 0) is 12.1 Å². The van der Waals surface area contributed by atoms with Crippen LogP contribution in [0.1, 0.15) is 0 Å². The first-order chi connectivity index (χ1) is 9.45. The Labute approximate surface area is 121 Å². The lowest BCUT2D eigenvalue weighted by Crippen LogP contribution is -1.93. The van der Waals surface area contributed by atoms with Gasteiger partial charge in [-0.3, -0.25) is 0 Å². The van der Waals surface area contributed by atoms with Crippen LogP contribution < -0.4 is 0 Å². The maximum atomic E-state index is 13.7. The number of hydrogen-bond donors (Lipinski definition) is 1. The summed E-state index contributed by atoms with van der Waals surface area (Å²) in [5, 5.41) is 0.562. The Morgan fingerprint density at radius 1 is 0.900 bits per heavy atom. The highest BCUT2D eigenvalue weighted by Crippen LogP contribution is 2.30. The fourth-order valence-electron chi connectivity index (χ4n) is 1.89. The molecule has 0 atom stereocenters. The molecule has 0 amide bonds. The second-order valence-corrected chi connectivity index (χ2v) is 4.93. The molecule has 1 heterocycles. The van der Waals surface area contributed by atoms with Gasteiger partial charge in [-0.15, -0.1) is 0 Å². The number of aromatic amines is 1. The highest BCUT2D eigenvalue weighted by Gasteiger charge is 2.17. The van der Waals surface area contributed by atoms with Crippen LogP contribution in [-0.2, 0) is 0 Å². The highest BCUT2D eigenvalue weighted by atomic mass is 35.5. The van der Waals surface area contributed by atoms with E-state index < -0.39 is 23.0 Å². The zero-order chi connectivity index (χ0) is 14.4. The number of rotatable bonds is 1. The molecule has 3 aromatic rings. The molecule has 2 aromatic carbocycles. The molecule has 102 valence electrons. The van der Waals surface area contributed by atoms with E-state index in [1.807, 2.05) is 0 Å². The molecule has 1 N–H and O–H groups in total. The average Bonchev–Trinajstić information content (AvgIpc) is 2.70. The van der Waals surface area contributed by atoms with Crippen LogP contribution in [0.3, 0.4) is 0 Å². The number of imidazole rings is 1. The number of nitrogens with one attached hydrogen (secondary N) is 1. The van der Waals surface area contributed by atoms with Crippen molar-refractivity contribution in [2.75, 3.05) is 0 Å². The van der Waals surface area contributed by atoms with Gasteiger partial charge in [0.05, 0.1) is 26.6 Å². The van der Waals surface area contributed by atoms with Gasteiger partial charge in [0.2, 0.25) is 0 Å². The van der Waals surface area contributed by atoms with Gasteiger partial charge in [-0.25, -0.2) is 18.2 Å². The third kappa shape index (κ3) is 2.13. The SMILES string of the molecule is Fc1cc(F)c(-c2nc3cc(Cl)c(Cl)cc3[nH]2)c(F)c1. The smallest absolute Gasteiger partial charge is 0.144 e. The molecule has 7 heteroatoms. The van der Waals surface area contributed by atoms with E-state index in [0.29, 0.717) is 23.2 Å². The van der Waals surface area contributed by atoms with Gasteiger partial charge in [0, 0.05) is 12.1 Å². The summed E-state index contributed by atoms with van der Waals surface area (Å²) in [7, 11) is 0. The molecule has 2 nitrogen and oxygen atoms in total. The number of H-pyrrole nitrogens is 1. The number of halogens is 5. The minimum atomic E-state index is -1.04. The number of benzene rings is 2. The van der Waals surface area contributed by atoms with E-state index in [1.165, 1.54) is 12.1 Å². The molecule has 0 bridgehead atoms. The van der Waals surface area contributed by atoms with Crippen molar-refractivity contribution in [2.24, 2.45) is 0 Å². The summed E-state index contributed by atoms with van der Waals surface area (Å²) < 4.78 is 40.3. The highest BCUT2D eigenvalue weighted by molar-refractivity contribution is 6.42. The standard InChI is InChI=1S/C13H5Cl2F3N2/c14-6-3-10-11(4-7(6)15)20-13(19-10)12-8(17)1-5(16)2-9(12)18/h1-4H,(H,19,20). The van der Waals surface area contributed by atoms with E-state index in [1.54, 1.807) is 0 Å². The first-order valence-electron chi connectivity index (χ1n) is 5.45. The molecule has 3 rings (SSSR count). The number of hydrogen-bond acceptors (Lipinski definition) is 1. The van der Waals surface area contributed by atoms with Gasteiger partial charge >= 0.3 is 0 Å². The van der Waals surface area contributed by atoms with Gasteiger partial charge in [-0.1, -0.05) is 23.2 Å². The molecule has 0 aliphatic rings. The van der Waals surface area contributed by atoms with E-state index in [0.717, 1.165) is 0 Å². The monoisotopic (exact) mass is 316 g/mol. The van der Waals surface area contributed by atoms with Crippen molar-refractivity contribution in [3.05, 3.63) is 51.8 Å². The molecule has 0 saturated carbocycles. The summed E-state index contributed by atoms with van der Waals surface area (Å²) in [5.74, 6) is -3.14. The fraction of sp³-hybridized carbons (Fsp3) is 0. The molecule has 0 spiro atoms. The summed E-state index contributed by atoms with van der Waals surface area (Å²) in [6.07, 6.45) is 0. The number of aromatic nitrogens is 2. The Kier molecular flexibility index (Phi) is 3.11. The van der Waals surface area contributed by atoms with Crippen LogP contribution in [0.2, 0.25) is 10.0 Å². The topological polar surface area (TPSA) is 28.7 Å². The van der Waals surface area contributed by atoms with Gasteiger partial charge in [0.15, 0.2) is 0 Å². The van der Waals surface area contributed by atoms with Crippen LogP contribution in [0.25, 0.3) is 22.4 Å². The summed E-state index contributed by atoms with van der Waals surface area (Å²) in [6, 6.07) is 4.14. The molecule has 0 unspecified atom stereocenters. The van der Waals surface area contributed by atoms with E-state index in [2.05, 4.69) is 9.97 Å². The quantitative estimate of drug-likeness (QED) is 0.675. The first kappa shape index (κ1) is 13.3. The van der Waals surface area contributed by atoms with Crippen molar-refractivity contribution in [1.82, 2.24) is 9.97 Å². The third-order valence-corrected chi connectivity index (χ3v) is 3.49. The van der Waals surface area contributed by atoms with Gasteiger partial charge < -0.3 is 4.98 Å². The maximum Gasteiger partial charge on any atom is 0.144 e. The first-order valence-corrected chi connectivity index (χ1v) is 6.21. The summed E-state index contributed by atoms with van der Waals surface area (Å²) in [4.78, 5) is 6.76. The summed E-state index contributed by atoms with van der Waals surface area (Å²) in [6.45, 7) is 0. The van der Waals surface area contributed by atoms with Crippen LogP contribution in [0.5, 0.6) is 0 Å². The molecule has 0 saturated heterocycles. The fourth-order valence-corrected chi connectivity index (χ4v) is 2.21. The minimum absolute atomic E-state index is 0.0617. The molecule has 0 fully saturated rings. The van der Waals surface area contributed by atoms with Crippen molar-refractivity contribution in [3.8, 4) is 11.4 Å². The number of fused-ring (bicyclic) bond motifs is 1. The minimum Gasteiger partial charge on any atom is -0.338 e. The predicted octanol–water partition coefficient (Wildman–Crippen LogP) is 4.95. The lowest BCUT2D eigenvalue weighted by atomic mass is 10.2. The Bertz CT molecular complexity index is 768. The van der Waals surface area contributed by atoms with Crippen LogP contribution in [-0.4, -0.2) is 9.97 Å². The Balaban J connectivity index is 2.25. The van der Waals surface area contributed by atoms with Crippen LogP contribution in [0.4, 0.5) is 13.2 Å². The lowest BCUT2D eigenvalue weighted by Gasteiger charge is -2.01. The van der Waals surface area contributed by atoms with Crippen molar-refractivity contribution in [1.29, 1.82) is 0 Å². The third-order valence-electron chi connectivity index (χ3n) is 2.77. The summed E-state index contributed by atoms with van der Waals surface area (Å²) in [5.41, 5.74) is 0.435. The van der Waals surface area contributed by atoms with E-state index in [9.17, 15) is 13.2 Å². The summed E-state index contributed by atoms with van der Waals surface area (Å²) >= 11 is 11.7.